The Hall–Kier alpha value is -3.55. The lowest BCUT2D eigenvalue weighted by molar-refractivity contribution is 0.0673. The summed E-state index contributed by atoms with van der Waals surface area (Å²) in [5, 5.41) is 6.94. The van der Waals surface area contributed by atoms with Crippen LogP contribution in [0.1, 0.15) is 45.2 Å². The monoisotopic (exact) mass is 407 g/mol. The number of amides is 2. The molecule has 1 fully saturated rings. The van der Waals surface area contributed by atoms with Crippen molar-refractivity contribution in [1.29, 1.82) is 0 Å². The molecule has 1 aliphatic rings. The SMILES string of the molecule is Cc1cccc(C(=O)N2CCCC(n3cncn3)C2)c1NC(=O)c1ccccc1F. The number of nitrogens with one attached hydrogen (secondary N) is 1. The van der Waals surface area contributed by atoms with Crippen LogP contribution in [0.5, 0.6) is 0 Å². The minimum Gasteiger partial charge on any atom is -0.336 e. The molecule has 3 aromatic rings. The van der Waals surface area contributed by atoms with Crippen molar-refractivity contribution in [2.45, 2.75) is 25.8 Å². The van der Waals surface area contributed by atoms with Crippen molar-refractivity contribution in [3.05, 3.63) is 77.6 Å². The average molecular weight is 407 g/mol. The number of carbonyl (C=O) groups is 2. The fourth-order valence-corrected chi connectivity index (χ4v) is 3.77. The van der Waals surface area contributed by atoms with E-state index in [1.165, 1.54) is 24.5 Å². The maximum atomic E-state index is 14.0. The molecule has 0 bridgehead atoms. The van der Waals surface area contributed by atoms with Crippen molar-refractivity contribution in [1.82, 2.24) is 19.7 Å². The van der Waals surface area contributed by atoms with E-state index >= 15 is 0 Å². The highest BCUT2D eigenvalue weighted by molar-refractivity contribution is 6.09. The number of hydrogen-bond donors (Lipinski definition) is 1. The maximum absolute atomic E-state index is 14.0. The highest BCUT2D eigenvalue weighted by atomic mass is 19.1. The molecule has 2 aromatic carbocycles. The van der Waals surface area contributed by atoms with E-state index in [1.54, 1.807) is 34.1 Å². The van der Waals surface area contributed by atoms with Gasteiger partial charge >= 0.3 is 0 Å². The van der Waals surface area contributed by atoms with Crippen LogP contribution in [-0.4, -0.2) is 44.6 Å². The minimum absolute atomic E-state index is 0.0615. The molecule has 0 spiro atoms. The number of aromatic nitrogens is 3. The first kappa shape index (κ1) is 19.8. The van der Waals surface area contributed by atoms with E-state index in [0.29, 0.717) is 24.3 Å². The lowest BCUT2D eigenvalue weighted by Crippen LogP contribution is -2.41. The van der Waals surface area contributed by atoms with E-state index in [9.17, 15) is 14.0 Å². The van der Waals surface area contributed by atoms with Crippen molar-refractivity contribution in [2.75, 3.05) is 18.4 Å². The fraction of sp³-hybridized carbons (Fsp3) is 0.273. The lowest BCUT2D eigenvalue weighted by atomic mass is 10.0. The van der Waals surface area contributed by atoms with Gasteiger partial charge in [-0.15, -0.1) is 0 Å². The first-order valence-electron chi connectivity index (χ1n) is 9.83. The molecular weight excluding hydrogens is 385 g/mol. The number of carbonyl (C=O) groups excluding carboxylic acids is 2. The zero-order valence-electron chi connectivity index (χ0n) is 16.6. The van der Waals surface area contributed by atoms with Gasteiger partial charge in [-0.3, -0.25) is 9.59 Å². The normalized spacial score (nSPS) is 16.3. The summed E-state index contributed by atoms with van der Waals surface area (Å²) in [6.07, 6.45) is 4.90. The van der Waals surface area contributed by atoms with Crippen LogP contribution in [-0.2, 0) is 0 Å². The van der Waals surface area contributed by atoms with Crippen molar-refractivity contribution in [3.63, 3.8) is 0 Å². The Bertz CT molecular complexity index is 1070. The molecule has 4 rings (SSSR count). The standard InChI is InChI=1S/C22H22FN5O2/c1-15-6-4-9-18(20(15)26-21(29)17-8-2-3-10-19(17)23)22(30)27-11-5-7-16(12-27)28-14-24-13-25-28/h2-4,6,8-10,13-14,16H,5,7,11-12H2,1H3,(H,26,29). The highest BCUT2D eigenvalue weighted by Gasteiger charge is 2.28. The van der Waals surface area contributed by atoms with Gasteiger partial charge in [0.2, 0.25) is 0 Å². The quantitative estimate of drug-likeness (QED) is 0.718. The van der Waals surface area contributed by atoms with Crippen LogP contribution in [0.4, 0.5) is 10.1 Å². The van der Waals surface area contributed by atoms with Crippen molar-refractivity contribution in [2.24, 2.45) is 0 Å². The van der Waals surface area contributed by atoms with E-state index < -0.39 is 11.7 Å². The van der Waals surface area contributed by atoms with Crippen molar-refractivity contribution in [3.8, 4) is 0 Å². The van der Waals surface area contributed by atoms with Gasteiger partial charge in [-0.2, -0.15) is 5.10 Å². The van der Waals surface area contributed by atoms with Gasteiger partial charge in [-0.05, 0) is 43.5 Å². The smallest absolute Gasteiger partial charge is 0.258 e. The van der Waals surface area contributed by atoms with Crippen LogP contribution < -0.4 is 5.32 Å². The zero-order chi connectivity index (χ0) is 21.1. The van der Waals surface area contributed by atoms with E-state index in [0.717, 1.165) is 18.4 Å². The molecule has 0 saturated carbocycles. The predicted molar refractivity (Wildman–Crippen MR) is 110 cm³/mol. The molecule has 0 radical (unpaired) electrons. The van der Waals surface area contributed by atoms with Crippen LogP contribution in [0.2, 0.25) is 0 Å². The minimum atomic E-state index is -0.608. The van der Waals surface area contributed by atoms with E-state index in [2.05, 4.69) is 15.4 Å². The Morgan fingerprint density at radius 2 is 1.93 bits per heavy atom. The first-order valence-corrected chi connectivity index (χ1v) is 9.83. The van der Waals surface area contributed by atoms with Gasteiger partial charge < -0.3 is 10.2 Å². The van der Waals surface area contributed by atoms with Gasteiger partial charge in [0, 0.05) is 13.1 Å². The number of anilines is 1. The number of piperidine rings is 1. The summed E-state index contributed by atoms with van der Waals surface area (Å²) in [6.45, 7) is 2.94. The second kappa shape index (κ2) is 8.44. The molecule has 1 aliphatic heterocycles. The molecule has 8 heteroatoms. The second-order valence-corrected chi connectivity index (χ2v) is 7.35. The van der Waals surface area contributed by atoms with Gasteiger partial charge in [-0.25, -0.2) is 14.1 Å². The molecule has 2 amide bonds. The Kier molecular flexibility index (Phi) is 5.56. The molecule has 1 atom stereocenters. The maximum Gasteiger partial charge on any atom is 0.258 e. The Morgan fingerprint density at radius 1 is 1.13 bits per heavy atom. The topological polar surface area (TPSA) is 80.1 Å². The van der Waals surface area contributed by atoms with Crippen LogP contribution in [0.15, 0.2) is 55.1 Å². The third kappa shape index (κ3) is 3.94. The summed E-state index contributed by atoms with van der Waals surface area (Å²) in [5.41, 5.74) is 1.45. The molecule has 1 aromatic heterocycles. The summed E-state index contributed by atoms with van der Waals surface area (Å²) in [5.74, 6) is -1.37. The number of hydrogen-bond acceptors (Lipinski definition) is 4. The molecule has 7 nitrogen and oxygen atoms in total. The van der Waals surface area contributed by atoms with Gasteiger partial charge in [0.05, 0.1) is 22.9 Å². The Balaban J connectivity index is 1.58. The van der Waals surface area contributed by atoms with Crippen LogP contribution in [0.25, 0.3) is 0 Å². The molecule has 1 N–H and O–H groups in total. The molecule has 1 unspecified atom stereocenters. The molecule has 2 heterocycles. The van der Waals surface area contributed by atoms with Gasteiger partial charge in [-0.1, -0.05) is 24.3 Å². The van der Waals surface area contributed by atoms with Crippen LogP contribution >= 0.6 is 0 Å². The highest BCUT2D eigenvalue weighted by Crippen LogP contribution is 2.27. The summed E-state index contributed by atoms with van der Waals surface area (Å²) >= 11 is 0. The number of nitrogens with zero attached hydrogens (tertiary/aromatic N) is 4. The van der Waals surface area contributed by atoms with E-state index in [-0.39, 0.29) is 17.5 Å². The third-order valence-corrected chi connectivity index (χ3v) is 5.35. The molecular formula is C22H22FN5O2. The first-order chi connectivity index (χ1) is 14.5. The number of aryl methyl sites for hydroxylation is 1. The lowest BCUT2D eigenvalue weighted by Gasteiger charge is -2.33. The van der Waals surface area contributed by atoms with Gasteiger partial charge in [0.25, 0.3) is 11.8 Å². The molecule has 0 aliphatic carbocycles. The van der Waals surface area contributed by atoms with Gasteiger partial charge in [0.15, 0.2) is 0 Å². The largest absolute Gasteiger partial charge is 0.336 e. The van der Waals surface area contributed by atoms with Gasteiger partial charge in [0.1, 0.15) is 18.5 Å². The van der Waals surface area contributed by atoms with Crippen molar-refractivity contribution >= 4 is 17.5 Å². The van der Waals surface area contributed by atoms with Crippen molar-refractivity contribution < 1.29 is 14.0 Å². The predicted octanol–water partition coefficient (Wildman–Crippen LogP) is 3.46. The second-order valence-electron chi connectivity index (χ2n) is 7.35. The van der Waals surface area contributed by atoms with Crippen LogP contribution in [0.3, 0.4) is 0 Å². The molecule has 1 saturated heterocycles. The number of rotatable bonds is 4. The Morgan fingerprint density at radius 3 is 2.70 bits per heavy atom. The van der Waals surface area contributed by atoms with E-state index in [1.807, 2.05) is 13.0 Å². The average Bonchev–Trinajstić information content (AvgIpc) is 3.30. The van der Waals surface area contributed by atoms with Crippen LogP contribution in [0, 0.1) is 12.7 Å². The summed E-state index contributed by atoms with van der Waals surface area (Å²) < 4.78 is 15.8. The van der Waals surface area contributed by atoms with E-state index in [4.69, 9.17) is 0 Å². The summed E-state index contributed by atoms with van der Waals surface area (Å²) in [6, 6.07) is 11.1. The number of para-hydroxylation sites is 1. The zero-order valence-corrected chi connectivity index (χ0v) is 16.6. The summed E-state index contributed by atoms with van der Waals surface area (Å²) in [4.78, 5) is 31.7. The Labute approximate surface area is 173 Å². The number of halogens is 1. The number of benzene rings is 2. The summed E-state index contributed by atoms with van der Waals surface area (Å²) in [7, 11) is 0. The number of likely N-dealkylation sites (tertiary alicyclic amines) is 1. The molecule has 30 heavy (non-hydrogen) atoms. The fourth-order valence-electron chi connectivity index (χ4n) is 3.77. The molecule has 154 valence electrons. The third-order valence-electron chi connectivity index (χ3n) is 5.35.